The summed E-state index contributed by atoms with van der Waals surface area (Å²) < 4.78 is 0. The molecule has 0 unspecified atom stereocenters. The molecule has 21 heavy (non-hydrogen) atoms. The summed E-state index contributed by atoms with van der Waals surface area (Å²) in [5.74, 6) is 0. The molecule has 1 aromatic heterocycles. The van der Waals surface area contributed by atoms with Gasteiger partial charge in [-0.15, -0.1) is 11.3 Å². The average molecular weight is 302 g/mol. The van der Waals surface area contributed by atoms with Crippen molar-refractivity contribution in [3.8, 4) is 0 Å². The van der Waals surface area contributed by atoms with E-state index in [2.05, 4.69) is 46.8 Å². The number of hydrogen-bond donors (Lipinski definition) is 1. The lowest BCUT2D eigenvalue weighted by Crippen LogP contribution is -2.46. The van der Waals surface area contributed by atoms with E-state index in [0.717, 1.165) is 32.7 Å². The topological polar surface area (TPSA) is 45.4 Å². The monoisotopic (exact) mass is 302 g/mol. The molecule has 112 valence electrons. The molecule has 5 heteroatoms. The van der Waals surface area contributed by atoms with Crippen LogP contribution in [0.3, 0.4) is 0 Å². The fourth-order valence-electron chi connectivity index (χ4n) is 2.82. The molecule has 0 saturated carbocycles. The lowest BCUT2D eigenvalue weighted by Gasteiger charge is -2.36. The molecule has 4 nitrogen and oxygen atoms in total. The van der Waals surface area contributed by atoms with E-state index in [1.807, 2.05) is 6.20 Å². The summed E-state index contributed by atoms with van der Waals surface area (Å²) in [6, 6.07) is 6.70. The molecule has 2 heterocycles. The zero-order valence-corrected chi connectivity index (χ0v) is 13.5. The Hall–Kier alpha value is -1.59. The van der Waals surface area contributed by atoms with E-state index in [1.165, 1.54) is 21.7 Å². The minimum atomic E-state index is 0.666. The number of aryl methyl sites for hydroxylation is 2. The largest absolute Gasteiger partial charge is 0.375 e. The molecular weight excluding hydrogens is 280 g/mol. The van der Waals surface area contributed by atoms with Crippen LogP contribution in [0.25, 0.3) is 0 Å². The fraction of sp³-hybridized carbons (Fsp3) is 0.438. The Kier molecular flexibility index (Phi) is 4.12. The highest BCUT2D eigenvalue weighted by Crippen LogP contribution is 2.24. The van der Waals surface area contributed by atoms with Crippen molar-refractivity contribution in [3.63, 3.8) is 0 Å². The Morgan fingerprint density at radius 1 is 1.19 bits per heavy atom. The van der Waals surface area contributed by atoms with Gasteiger partial charge in [-0.2, -0.15) is 0 Å². The third-order valence-electron chi connectivity index (χ3n) is 4.03. The van der Waals surface area contributed by atoms with E-state index in [1.54, 1.807) is 11.3 Å². The summed E-state index contributed by atoms with van der Waals surface area (Å²) in [5, 5.41) is 0.666. The molecule has 0 aliphatic carbocycles. The predicted molar refractivity (Wildman–Crippen MR) is 89.9 cm³/mol. The maximum Gasteiger partial charge on any atom is 0.180 e. The minimum Gasteiger partial charge on any atom is -0.375 e. The zero-order chi connectivity index (χ0) is 14.8. The van der Waals surface area contributed by atoms with Crippen LogP contribution >= 0.6 is 11.3 Å². The highest BCUT2D eigenvalue weighted by molar-refractivity contribution is 7.15. The molecule has 0 bridgehead atoms. The molecule has 1 aromatic carbocycles. The van der Waals surface area contributed by atoms with Crippen molar-refractivity contribution in [2.45, 2.75) is 20.4 Å². The normalized spacial score (nSPS) is 16.4. The number of piperazine rings is 1. The minimum absolute atomic E-state index is 0.666. The summed E-state index contributed by atoms with van der Waals surface area (Å²) in [6.45, 7) is 9.66. The maximum atomic E-state index is 5.69. The van der Waals surface area contributed by atoms with Crippen molar-refractivity contribution in [1.29, 1.82) is 0 Å². The molecule has 2 N–H and O–H groups in total. The first-order valence-corrected chi connectivity index (χ1v) is 8.18. The number of rotatable bonds is 3. The van der Waals surface area contributed by atoms with Gasteiger partial charge in [-0.3, -0.25) is 4.90 Å². The molecular formula is C16H22N4S. The summed E-state index contributed by atoms with van der Waals surface area (Å²) in [4.78, 5) is 10.4. The van der Waals surface area contributed by atoms with Gasteiger partial charge in [0.25, 0.3) is 0 Å². The second kappa shape index (κ2) is 6.03. The van der Waals surface area contributed by atoms with Crippen molar-refractivity contribution in [2.24, 2.45) is 0 Å². The number of nitrogens with two attached hydrogens (primary N) is 1. The molecule has 1 aliphatic rings. The molecule has 1 saturated heterocycles. The van der Waals surface area contributed by atoms with Gasteiger partial charge in [0.05, 0.1) is 0 Å². The first kappa shape index (κ1) is 14.4. The second-order valence-electron chi connectivity index (χ2n) is 5.72. The van der Waals surface area contributed by atoms with Gasteiger partial charge in [-0.05, 0) is 31.0 Å². The molecule has 3 rings (SSSR count). The molecule has 1 fully saturated rings. The Balaban J connectivity index is 1.61. The molecule has 1 aliphatic heterocycles. The van der Waals surface area contributed by atoms with E-state index in [9.17, 15) is 0 Å². The number of benzene rings is 1. The van der Waals surface area contributed by atoms with E-state index in [-0.39, 0.29) is 0 Å². The van der Waals surface area contributed by atoms with Gasteiger partial charge in [0.2, 0.25) is 0 Å². The average Bonchev–Trinajstić information content (AvgIpc) is 2.88. The van der Waals surface area contributed by atoms with Gasteiger partial charge in [-0.1, -0.05) is 12.1 Å². The van der Waals surface area contributed by atoms with E-state index < -0.39 is 0 Å². The van der Waals surface area contributed by atoms with Gasteiger partial charge < -0.3 is 10.6 Å². The van der Waals surface area contributed by atoms with Crippen molar-refractivity contribution < 1.29 is 0 Å². The lowest BCUT2D eigenvalue weighted by molar-refractivity contribution is 0.251. The summed E-state index contributed by atoms with van der Waals surface area (Å²) in [5.41, 5.74) is 9.78. The van der Waals surface area contributed by atoms with Gasteiger partial charge in [-0.25, -0.2) is 4.98 Å². The number of hydrogen-bond acceptors (Lipinski definition) is 5. The van der Waals surface area contributed by atoms with Crippen LogP contribution in [-0.2, 0) is 6.54 Å². The van der Waals surface area contributed by atoms with Gasteiger partial charge >= 0.3 is 0 Å². The summed E-state index contributed by atoms with van der Waals surface area (Å²) in [7, 11) is 0. The van der Waals surface area contributed by atoms with Crippen molar-refractivity contribution >= 4 is 22.2 Å². The quantitative estimate of drug-likeness (QED) is 0.947. The first-order valence-electron chi connectivity index (χ1n) is 7.36. The van der Waals surface area contributed by atoms with Crippen molar-refractivity contribution in [2.75, 3.05) is 36.8 Å². The predicted octanol–water partition coefficient (Wildman–Crippen LogP) is 2.66. The number of anilines is 2. The number of aromatic nitrogens is 1. The number of nitrogens with zero attached hydrogens (tertiary/aromatic N) is 3. The number of thiazole rings is 1. The first-order chi connectivity index (χ1) is 10.1. The van der Waals surface area contributed by atoms with Crippen LogP contribution in [0.2, 0.25) is 0 Å². The smallest absolute Gasteiger partial charge is 0.180 e. The van der Waals surface area contributed by atoms with E-state index in [4.69, 9.17) is 5.73 Å². The standard InChI is InChI=1S/C16H22N4S/c1-12-3-4-13(2)15(9-12)20-7-5-19(6-8-20)11-14-10-18-16(17)21-14/h3-4,9-10H,5-8,11H2,1-2H3,(H2,17,18). The van der Waals surface area contributed by atoms with Crippen LogP contribution in [0.1, 0.15) is 16.0 Å². The maximum absolute atomic E-state index is 5.69. The molecule has 0 radical (unpaired) electrons. The lowest BCUT2D eigenvalue weighted by atomic mass is 10.1. The SMILES string of the molecule is Cc1ccc(C)c(N2CCN(Cc3cnc(N)s3)CC2)c1. The highest BCUT2D eigenvalue weighted by Gasteiger charge is 2.19. The highest BCUT2D eigenvalue weighted by atomic mass is 32.1. The Morgan fingerprint density at radius 3 is 2.62 bits per heavy atom. The van der Waals surface area contributed by atoms with Crippen molar-refractivity contribution in [1.82, 2.24) is 9.88 Å². The third-order valence-corrected chi connectivity index (χ3v) is 4.84. The molecule has 0 spiro atoms. The zero-order valence-electron chi connectivity index (χ0n) is 12.7. The van der Waals surface area contributed by atoms with Crippen LogP contribution < -0.4 is 10.6 Å². The van der Waals surface area contributed by atoms with Gasteiger partial charge in [0.1, 0.15) is 0 Å². The molecule has 0 atom stereocenters. The third kappa shape index (κ3) is 3.36. The van der Waals surface area contributed by atoms with Gasteiger partial charge in [0.15, 0.2) is 5.13 Å². The summed E-state index contributed by atoms with van der Waals surface area (Å²) >= 11 is 1.59. The van der Waals surface area contributed by atoms with E-state index >= 15 is 0 Å². The second-order valence-corrected chi connectivity index (χ2v) is 6.86. The van der Waals surface area contributed by atoms with Crippen LogP contribution in [0.5, 0.6) is 0 Å². The Bertz CT molecular complexity index is 614. The van der Waals surface area contributed by atoms with E-state index in [0.29, 0.717) is 5.13 Å². The van der Waals surface area contributed by atoms with Crippen LogP contribution in [0.4, 0.5) is 10.8 Å². The number of nitrogen functional groups attached to an aromatic ring is 1. The Morgan fingerprint density at radius 2 is 1.95 bits per heavy atom. The molecule has 0 amide bonds. The van der Waals surface area contributed by atoms with Crippen LogP contribution in [0, 0.1) is 13.8 Å². The van der Waals surface area contributed by atoms with Crippen molar-refractivity contribution in [3.05, 3.63) is 40.4 Å². The van der Waals surface area contributed by atoms with Gasteiger partial charge in [0, 0.05) is 49.5 Å². The molecule has 2 aromatic rings. The fourth-order valence-corrected chi connectivity index (χ4v) is 3.55. The van der Waals surface area contributed by atoms with Crippen LogP contribution in [-0.4, -0.2) is 36.1 Å². The summed E-state index contributed by atoms with van der Waals surface area (Å²) in [6.07, 6.45) is 1.90. The van der Waals surface area contributed by atoms with Crippen LogP contribution in [0.15, 0.2) is 24.4 Å². The Labute approximate surface area is 130 Å².